The standard InChI is InChI=1S/C12H24F3NO/c1-11(2,3)6-7-16-8-10-17-9-4-5-12(13,14)15/h16H,4-10H2,1-3H3. The van der Waals surface area contributed by atoms with Crippen molar-refractivity contribution in [3.63, 3.8) is 0 Å². The lowest BCUT2D eigenvalue weighted by Gasteiger charge is -2.18. The smallest absolute Gasteiger partial charge is 0.380 e. The highest BCUT2D eigenvalue weighted by atomic mass is 19.4. The number of ether oxygens (including phenoxy) is 1. The van der Waals surface area contributed by atoms with E-state index in [-0.39, 0.29) is 13.0 Å². The molecular weight excluding hydrogens is 231 g/mol. The Balaban J connectivity index is 3.15. The molecule has 0 saturated heterocycles. The van der Waals surface area contributed by atoms with Crippen LogP contribution in [-0.4, -0.2) is 32.5 Å². The zero-order valence-electron chi connectivity index (χ0n) is 11.0. The van der Waals surface area contributed by atoms with Crippen molar-refractivity contribution < 1.29 is 17.9 Å². The minimum Gasteiger partial charge on any atom is -0.380 e. The van der Waals surface area contributed by atoms with E-state index in [1.165, 1.54) is 0 Å². The molecule has 0 spiro atoms. The number of halogens is 3. The van der Waals surface area contributed by atoms with Crippen molar-refractivity contribution in [1.29, 1.82) is 0 Å². The summed E-state index contributed by atoms with van der Waals surface area (Å²) in [5.41, 5.74) is 0.306. The highest BCUT2D eigenvalue weighted by Crippen LogP contribution is 2.20. The first-order valence-corrected chi connectivity index (χ1v) is 6.06. The first-order valence-electron chi connectivity index (χ1n) is 6.06. The topological polar surface area (TPSA) is 21.3 Å². The summed E-state index contributed by atoms with van der Waals surface area (Å²) in [6, 6.07) is 0. The van der Waals surface area contributed by atoms with Gasteiger partial charge in [-0.1, -0.05) is 20.8 Å². The van der Waals surface area contributed by atoms with E-state index in [9.17, 15) is 13.2 Å². The molecule has 0 unspecified atom stereocenters. The SMILES string of the molecule is CC(C)(C)CCNCCOCCCC(F)(F)F. The van der Waals surface area contributed by atoms with Crippen molar-refractivity contribution in [2.45, 2.75) is 46.2 Å². The minimum absolute atomic E-state index is 0.0471. The van der Waals surface area contributed by atoms with Gasteiger partial charge >= 0.3 is 6.18 Å². The van der Waals surface area contributed by atoms with E-state index in [0.29, 0.717) is 18.6 Å². The molecule has 0 heterocycles. The van der Waals surface area contributed by atoms with Gasteiger partial charge in [0.2, 0.25) is 0 Å². The summed E-state index contributed by atoms with van der Waals surface area (Å²) >= 11 is 0. The Morgan fingerprint density at radius 1 is 0.941 bits per heavy atom. The third-order valence-corrected chi connectivity index (χ3v) is 2.22. The van der Waals surface area contributed by atoms with Crippen LogP contribution in [0.1, 0.15) is 40.0 Å². The van der Waals surface area contributed by atoms with Crippen LogP contribution in [0, 0.1) is 5.41 Å². The van der Waals surface area contributed by atoms with Gasteiger partial charge in [-0.15, -0.1) is 0 Å². The molecule has 1 N–H and O–H groups in total. The summed E-state index contributed by atoms with van der Waals surface area (Å²) in [6.45, 7) is 8.77. The molecule has 5 heteroatoms. The molecule has 0 aromatic rings. The zero-order valence-corrected chi connectivity index (χ0v) is 11.0. The first-order chi connectivity index (χ1) is 7.71. The molecule has 0 aliphatic heterocycles. The van der Waals surface area contributed by atoms with Crippen LogP contribution < -0.4 is 5.32 Å². The molecule has 0 aliphatic carbocycles. The lowest BCUT2D eigenvalue weighted by molar-refractivity contribution is -0.137. The van der Waals surface area contributed by atoms with E-state index in [1.54, 1.807) is 0 Å². The Bertz CT molecular complexity index is 167. The number of rotatable bonds is 8. The minimum atomic E-state index is -4.06. The van der Waals surface area contributed by atoms with Crippen molar-refractivity contribution >= 4 is 0 Å². The third-order valence-electron chi connectivity index (χ3n) is 2.22. The second kappa shape index (κ2) is 7.93. The predicted octanol–water partition coefficient (Wildman–Crippen LogP) is 3.37. The largest absolute Gasteiger partial charge is 0.389 e. The van der Waals surface area contributed by atoms with Gasteiger partial charge in [0.1, 0.15) is 0 Å². The van der Waals surface area contributed by atoms with Crippen molar-refractivity contribution in [3.05, 3.63) is 0 Å². The molecular formula is C12H24F3NO. The number of alkyl halides is 3. The molecule has 0 rings (SSSR count). The van der Waals surface area contributed by atoms with Crippen molar-refractivity contribution in [2.75, 3.05) is 26.3 Å². The summed E-state index contributed by atoms with van der Waals surface area (Å²) in [7, 11) is 0. The second-order valence-electron chi connectivity index (χ2n) is 5.39. The van der Waals surface area contributed by atoms with Gasteiger partial charge in [0.15, 0.2) is 0 Å². The molecule has 0 amide bonds. The van der Waals surface area contributed by atoms with E-state index in [0.717, 1.165) is 13.0 Å². The normalized spacial score (nSPS) is 13.1. The van der Waals surface area contributed by atoms with Crippen LogP contribution >= 0.6 is 0 Å². The first kappa shape index (κ1) is 16.7. The summed E-state index contributed by atoms with van der Waals surface area (Å²) in [6.07, 6.45) is -3.70. The van der Waals surface area contributed by atoms with Crippen LogP contribution in [0.3, 0.4) is 0 Å². The summed E-state index contributed by atoms with van der Waals surface area (Å²) in [5, 5.41) is 3.20. The molecule has 0 bridgehead atoms. The molecule has 0 atom stereocenters. The summed E-state index contributed by atoms with van der Waals surface area (Å²) < 4.78 is 40.4. The fraction of sp³-hybridized carbons (Fsp3) is 1.00. The predicted molar refractivity (Wildman–Crippen MR) is 63.0 cm³/mol. The zero-order chi connectivity index (χ0) is 13.4. The monoisotopic (exact) mass is 255 g/mol. The highest BCUT2D eigenvalue weighted by molar-refractivity contribution is 4.62. The maximum absolute atomic E-state index is 11.8. The Morgan fingerprint density at radius 2 is 1.59 bits per heavy atom. The van der Waals surface area contributed by atoms with Crippen LogP contribution in [0.5, 0.6) is 0 Å². The average Bonchev–Trinajstić information content (AvgIpc) is 2.11. The molecule has 0 saturated carbocycles. The Morgan fingerprint density at radius 3 is 2.12 bits per heavy atom. The lowest BCUT2D eigenvalue weighted by Crippen LogP contribution is -2.24. The van der Waals surface area contributed by atoms with Crippen molar-refractivity contribution in [3.8, 4) is 0 Å². The quantitative estimate of drug-likeness (QED) is 0.671. The van der Waals surface area contributed by atoms with Crippen LogP contribution in [0.2, 0.25) is 0 Å². The van der Waals surface area contributed by atoms with Gasteiger partial charge in [-0.05, 0) is 24.8 Å². The van der Waals surface area contributed by atoms with Gasteiger partial charge in [0.05, 0.1) is 6.61 Å². The van der Waals surface area contributed by atoms with Crippen molar-refractivity contribution in [2.24, 2.45) is 5.41 Å². The summed E-state index contributed by atoms with van der Waals surface area (Å²) in [5.74, 6) is 0. The molecule has 17 heavy (non-hydrogen) atoms. The molecule has 0 aromatic carbocycles. The molecule has 104 valence electrons. The Hall–Kier alpha value is -0.290. The lowest BCUT2D eigenvalue weighted by atomic mass is 9.92. The van der Waals surface area contributed by atoms with Gasteiger partial charge in [-0.2, -0.15) is 13.2 Å². The van der Waals surface area contributed by atoms with Gasteiger partial charge < -0.3 is 10.1 Å². The van der Waals surface area contributed by atoms with E-state index in [1.807, 2.05) is 0 Å². The number of nitrogens with one attached hydrogen (secondary N) is 1. The van der Waals surface area contributed by atoms with Crippen LogP contribution in [0.15, 0.2) is 0 Å². The van der Waals surface area contributed by atoms with E-state index in [4.69, 9.17) is 4.74 Å². The van der Waals surface area contributed by atoms with Crippen LogP contribution in [0.4, 0.5) is 13.2 Å². The van der Waals surface area contributed by atoms with Gasteiger partial charge in [0, 0.05) is 19.6 Å². The summed E-state index contributed by atoms with van der Waals surface area (Å²) in [4.78, 5) is 0. The molecule has 2 nitrogen and oxygen atoms in total. The maximum atomic E-state index is 11.8. The van der Waals surface area contributed by atoms with Crippen LogP contribution in [-0.2, 0) is 4.74 Å². The van der Waals surface area contributed by atoms with E-state index < -0.39 is 12.6 Å². The van der Waals surface area contributed by atoms with Gasteiger partial charge in [-0.25, -0.2) is 0 Å². The molecule has 0 aliphatic rings. The average molecular weight is 255 g/mol. The molecule has 0 radical (unpaired) electrons. The fourth-order valence-electron chi connectivity index (χ4n) is 1.21. The fourth-order valence-corrected chi connectivity index (χ4v) is 1.21. The molecule has 0 fully saturated rings. The molecule has 0 aromatic heterocycles. The maximum Gasteiger partial charge on any atom is 0.389 e. The highest BCUT2D eigenvalue weighted by Gasteiger charge is 2.25. The number of hydrogen-bond acceptors (Lipinski definition) is 2. The number of hydrogen-bond donors (Lipinski definition) is 1. The van der Waals surface area contributed by atoms with Crippen molar-refractivity contribution in [1.82, 2.24) is 5.32 Å². The second-order valence-corrected chi connectivity index (χ2v) is 5.39. The van der Waals surface area contributed by atoms with Gasteiger partial charge in [-0.3, -0.25) is 0 Å². The third kappa shape index (κ3) is 15.7. The van der Waals surface area contributed by atoms with Gasteiger partial charge in [0.25, 0.3) is 0 Å². The Labute approximate surface area is 102 Å². The van der Waals surface area contributed by atoms with E-state index in [2.05, 4.69) is 26.1 Å². The Kier molecular flexibility index (Phi) is 7.79. The van der Waals surface area contributed by atoms with Crippen LogP contribution in [0.25, 0.3) is 0 Å². The van der Waals surface area contributed by atoms with E-state index >= 15 is 0 Å².